The minimum atomic E-state index is -0.549. The lowest BCUT2D eigenvalue weighted by Gasteiger charge is -1.92. The molecule has 4 heteroatoms. The maximum absolute atomic E-state index is 10.4. The number of benzene rings is 1. The van der Waals surface area contributed by atoms with Crippen LogP contribution in [0.25, 0.3) is 10.9 Å². The summed E-state index contributed by atoms with van der Waals surface area (Å²) < 4.78 is 0. The van der Waals surface area contributed by atoms with Crippen LogP contribution >= 0.6 is 0 Å². The molecule has 0 bridgehead atoms. The maximum Gasteiger partial charge on any atom is 0.372 e. The third kappa shape index (κ3) is 1.33. The van der Waals surface area contributed by atoms with Gasteiger partial charge in [0.05, 0.1) is 6.07 Å². The van der Waals surface area contributed by atoms with Crippen molar-refractivity contribution in [3.8, 4) is 0 Å². The smallest absolute Gasteiger partial charge is 0.358 e. The van der Waals surface area contributed by atoms with Gasteiger partial charge in [-0.2, -0.15) is 0 Å². The lowest BCUT2D eigenvalue weighted by molar-refractivity contribution is -0.389. The number of hydrogen-bond acceptors (Lipinski definition) is 3. The highest BCUT2D eigenvalue weighted by molar-refractivity contribution is 5.78. The Morgan fingerprint density at radius 1 is 1.38 bits per heavy atom. The van der Waals surface area contributed by atoms with Gasteiger partial charge >= 0.3 is 5.82 Å². The SMILES string of the molecule is O=[N+]([O-])c1[c]cc2ccccc2n1. The van der Waals surface area contributed by atoms with Crippen molar-refractivity contribution in [1.82, 2.24) is 4.98 Å². The number of nitrogens with zero attached hydrogens (tertiary/aromatic N) is 2. The van der Waals surface area contributed by atoms with Gasteiger partial charge in [-0.1, -0.05) is 18.2 Å². The summed E-state index contributed by atoms with van der Waals surface area (Å²) >= 11 is 0. The molecule has 2 aromatic rings. The van der Waals surface area contributed by atoms with E-state index in [1.54, 1.807) is 18.2 Å². The van der Waals surface area contributed by atoms with Crippen molar-refractivity contribution >= 4 is 16.7 Å². The zero-order valence-corrected chi connectivity index (χ0v) is 6.60. The second-order valence-electron chi connectivity index (χ2n) is 2.54. The topological polar surface area (TPSA) is 56.0 Å². The first kappa shape index (κ1) is 7.67. The van der Waals surface area contributed by atoms with Crippen molar-refractivity contribution in [2.24, 2.45) is 0 Å². The second-order valence-corrected chi connectivity index (χ2v) is 2.54. The van der Waals surface area contributed by atoms with E-state index in [1.807, 2.05) is 12.1 Å². The van der Waals surface area contributed by atoms with Crippen LogP contribution in [0, 0.1) is 16.2 Å². The van der Waals surface area contributed by atoms with E-state index in [4.69, 9.17) is 0 Å². The van der Waals surface area contributed by atoms with E-state index in [1.165, 1.54) is 0 Å². The van der Waals surface area contributed by atoms with Crippen LogP contribution in [0.4, 0.5) is 5.82 Å². The Kier molecular flexibility index (Phi) is 1.66. The molecule has 0 spiro atoms. The molecular formula is C9H5N2O2. The van der Waals surface area contributed by atoms with Crippen LogP contribution in [-0.2, 0) is 0 Å². The summed E-state index contributed by atoms with van der Waals surface area (Å²) in [5, 5.41) is 11.2. The highest BCUT2D eigenvalue weighted by Crippen LogP contribution is 2.14. The summed E-state index contributed by atoms with van der Waals surface area (Å²) in [6.07, 6.45) is 0. The van der Waals surface area contributed by atoms with Crippen LogP contribution in [0.1, 0.15) is 0 Å². The van der Waals surface area contributed by atoms with Crippen LogP contribution in [0.5, 0.6) is 0 Å². The fourth-order valence-electron chi connectivity index (χ4n) is 1.09. The Morgan fingerprint density at radius 3 is 2.92 bits per heavy atom. The molecule has 13 heavy (non-hydrogen) atoms. The van der Waals surface area contributed by atoms with Crippen LogP contribution in [0.15, 0.2) is 30.3 Å². The molecule has 0 aliphatic heterocycles. The predicted molar refractivity (Wildman–Crippen MR) is 47.2 cm³/mol. The first-order chi connectivity index (χ1) is 6.27. The molecule has 0 saturated carbocycles. The lowest BCUT2D eigenvalue weighted by Crippen LogP contribution is -1.91. The summed E-state index contributed by atoms with van der Waals surface area (Å²) in [7, 11) is 0. The Balaban J connectivity index is 2.69. The van der Waals surface area contributed by atoms with E-state index >= 15 is 0 Å². The van der Waals surface area contributed by atoms with Crippen LogP contribution < -0.4 is 0 Å². The molecule has 0 aliphatic rings. The van der Waals surface area contributed by atoms with Crippen molar-refractivity contribution in [3.63, 3.8) is 0 Å². The largest absolute Gasteiger partial charge is 0.372 e. The average molecular weight is 173 g/mol. The molecule has 1 heterocycles. The number of para-hydroxylation sites is 1. The number of nitro groups is 1. The molecule has 0 saturated heterocycles. The molecule has 0 atom stereocenters. The van der Waals surface area contributed by atoms with Gasteiger partial charge in [0.2, 0.25) is 0 Å². The van der Waals surface area contributed by atoms with Crippen LogP contribution in [-0.4, -0.2) is 9.91 Å². The molecular weight excluding hydrogens is 168 g/mol. The van der Waals surface area contributed by atoms with Crippen molar-refractivity contribution in [2.75, 3.05) is 0 Å². The molecule has 1 aromatic carbocycles. The van der Waals surface area contributed by atoms with Gasteiger partial charge in [0.25, 0.3) is 0 Å². The van der Waals surface area contributed by atoms with Gasteiger partial charge in [0.15, 0.2) is 5.52 Å². The minimum Gasteiger partial charge on any atom is -0.358 e. The van der Waals surface area contributed by atoms with E-state index in [0.29, 0.717) is 5.52 Å². The van der Waals surface area contributed by atoms with Crippen molar-refractivity contribution in [2.45, 2.75) is 0 Å². The third-order valence-electron chi connectivity index (χ3n) is 1.69. The first-order valence-corrected chi connectivity index (χ1v) is 3.69. The van der Waals surface area contributed by atoms with Crippen LogP contribution in [0.2, 0.25) is 0 Å². The first-order valence-electron chi connectivity index (χ1n) is 3.69. The van der Waals surface area contributed by atoms with Crippen molar-refractivity contribution < 1.29 is 4.92 Å². The molecule has 4 nitrogen and oxygen atoms in total. The highest BCUT2D eigenvalue weighted by Gasteiger charge is 2.08. The summed E-state index contributed by atoms with van der Waals surface area (Å²) in [5.74, 6) is -0.237. The van der Waals surface area contributed by atoms with E-state index in [9.17, 15) is 10.1 Å². The molecule has 2 rings (SSSR count). The van der Waals surface area contributed by atoms with Crippen molar-refractivity contribution in [3.05, 3.63) is 46.5 Å². The Labute approximate surface area is 74.0 Å². The Morgan fingerprint density at radius 2 is 2.15 bits per heavy atom. The molecule has 0 N–H and O–H groups in total. The van der Waals surface area contributed by atoms with Gasteiger partial charge in [-0.15, -0.1) is 0 Å². The summed E-state index contributed by atoms with van der Waals surface area (Å²) in [5.41, 5.74) is 0.618. The molecule has 1 aromatic heterocycles. The standard InChI is InChI=1S/C9H5N2O2/c12-11(13)9-6-5-7-3-1-2-4-8(7)10-9/h1-5H. The Bertz CT molecular complexity index is 468. The fraction of sp³-hybridized carbons (Fsp3) is 0. The number of pyridine rings is 1. The normalized spacial score (nSPS) is 10.2. The van der Waals surface area contributed by atoms with E-state index in [2.05, 4.69) is 11.1 Å². The second kappa shape index (κ2) is 2.82. The number of hydrogen-bond donors (Lipinski definition) is 0. The van der Waals surface area contributed by atoms with E-state index in [-0.39, 0.29) is 5.82 Å². The zero-order chi connectivity index (χ0) is 9.26. The van der Waals surface area contributed by atoms with Gasteiger partial charge < -0.3 is 10.1 Å². The Hall–Kier alpha value is -1.97. The fourth-order valence-corrected chi connectivity index (χ4v) is 1.09. The molecule has 0 fully saturated rings. The molecule has 0 amide bonds. The summed E-state index contributed by atoms with van der Waals surface area (Å²) in [6, 6.07) is 11.3. The predicted octanol–water partition coefficient (Wildman–Crippen LogP) is 1.94. The third-order valence-corrected chi connectivity index (χ3v) is 1.69. The number of rotatable bonds is 1. The number of fused-ring (bicyclic) bond motifs is 1. The minimum absolute atomic E-state index is 0.237. The zero-order valence-electron chi connectivity index (χ0n) is 6.60. The van der Waals surface area contributed by atoms with Gasteiger partial charge in [0.1, 0.15) is 0 Å². The monoisotopic (exact) mass is 173 g/mol. The maximum atomic E-state index is 10.4. The molecule has 0 aliphatic carbocycles. The van der Waals surface area contributed by atoms with E-state index < -0.39 is 4.92 Å². The van der Waals surface area contributed by atoms with Gasteiger partial charge in [-0.25, -0.2) is 0 Å². The van der Waals surface area contributed by atoms with Gasteiger partial charge in [-0.05, 0) is 22.0 Å². The summed E-state index contributed by atoms with van der Waals surface area (Å²) in [6.45, 7) is 0. The number of aromatic nitrogens is 1. The van der Waals surface area contributed by atoms with Gasteiger partial charge in [0, 0.05) is 5.39 Å². The van der Waals surface area contributed by atoms with Gasteiger partial charge in [-0.3, -0.25) is 0 Å². The van der Waals surface area contributed by atoms with Crippen molar-refractivity contribution in [1.29, 1.82) is 0 Å². The highest BCUT2D eigenvalue weighted by atomic mass is 16.6. The average Bonchev–Trinajstić information content (AvgIpc) is 2.17. The quantitative estimate of drug-likeness (QED) is 0.489. The summed E-state index contributed by atoms with van der Waals surface area (Å²) in [4.78, 5) is 13.6. The van der Waals surface area contributed by atoms with Crippen LogP contribution in [0.3, 0.4) is 0 Å². The molecule has 0 unspecified atom stereocenters. The van der Waals surface area contributed by atoms with E-state index in [0.717, 1.165) is 5.39 Å². The molecule has 1 radical (unpaired) electrons. The molecule has 63 valence electrons. The lowest BCUT2D eigenvalue weighted by atomic mass is 10.2.